The highest BCUT2D eigenvalue weighted by Crippen LogP contribution is 2.04. The van der Waals surface area contributed by atoms with Gasteiger partial charge >= 0.3 is 5.97 Å². The largest absolute Gasteiger partial charge is 0.466 e. The van der Waals surface area contributed by atoms with E-state index in [2.05, 4.69) is 9.80 Å². The van der Waals surface area contributed by atoms with Crippen LogP contribution in [0.5, 0.6) is 0 Å². The van der Waals surface area contributed by atoms with Crippen LogP contribution >= 0.6 is 0 Å². The molecule has 18 heavy (non-hydrogen) atoms. The molecule has 0 spiro atoms. The molecule has 5 heteroatoms. The summed E-state index contributed by atoms with van der Waals surface area (Å²) in [5.41, 5.74) is 0. The van der Waals surface area contributed by atoms with E-state index >= 15 is 0 Å². The molecular weight excluding hydrogens is 232 g/mol. The average molecular weight is 258 g/mol. The molecule has 1 heterocycles. The fourth-order valence-corrected chi connectivity index (χ4v) is 2.17. The second-order valence-electron chi connectivity index (χ2n) is 4.67. The molecule has 0 aliphatic carbocycles. The number of ether oxygens (including phenoxy) is 1. The van der Waals surface area contributed by atoms with E-state index in [1.54, 1.807) is 0 Å². The molecule has 0 unspecified atom stereocenters. The van der Waals surface area contributed by atoms with Crippen molar-refractivity contribution in [2.75, 3.05) is 52.5 Å². The molecule has 0 bridgehead atoms. The first-order valence-electron chi connectivity index (χ1n) is 6.97. The third-order valence-corrected chi connectivity index (χ3v) is 3.28. The van der Waals surface area contributed by atoms with Gasteiger partial charge in [0.05, 0.1) is 13.0 Å². The Bertz CT molecular complexity index is 228. The van der Waals surface area contributed by atoms with Gasteiger partial charge in [-0.25, -0.2) is 0 Å². The Kier molecular flexibility index (Phi) is 7.96. The number of aliphatic hydroxyl groups is 1. The second-order valence-corrected chi connectivity index (χ2v) is 4.67. The van der Waals surface area contributed by atoms with Gasteiger partial charge in [-0.3, -0.25) is 4.79 Å². The van der Waals surface area contributed by atoms with E-state index in [0.29, 0.717) is 19.6 Å². The maximum atomic E-state index is 11.2. The summed E-state index contributed by atoms with van der Waals surface area (Å²) in [7, 11) is 0. The second kappa shape index (κ2) is 9.30. The Morgan fingerprint density at radius 1 is 1.11 bits per heavy atom. The number of hydrogen-bond acceptors (Lipinski definition) is 5. The lowest BCUT2D eigenvalue weighted by atomic mass is 10.2. The molecule has 5 nitrogen and oxygen atoms in total. The molecule has 1 aliphatic heterocycles. The van der Waals surface area contributed by atoms with E-state index in [0.717, 1.165) is 52.1 Å². The zero-order chi connectivity index (χ0) is 13.2. The third-order valence-electron chi connectivity index (χ3n) is 3.28. The lowest BCUT2D eigenvalue weighted by Gasteiger charge is -2.34. The SMILES string of the molecule is CCOC(=O)CCN1CCN(CCCCO)CC1. The van der Waals surface area contributed by atoms with E-state index < -0.39 is 0 Å². The minimum absolute atomic E-state index is 0.0946. The molecular formula is C13H26N2O3. The van der Waals surface area contributed by atoms with Gasteiger partial charge in [0.1, 0.15) is 0 Å². The maximum absolute atomic E-state index is 11.2. The first-order valence-corrected chi connectivity index (χ1v) is 6.97. The zero-order valence-electron chi connectivity index (χ0n) is 11.4. The summed E-state index contributed by atoms with van der Waals surface area (Å²) in [6.07, 6.45) is 2.46. The average Bonchev–Trinajstić information content (AvgIpc) is 2.38. The van der Waals surface area contributed by atoms with Gasteiger partial charge in [0.25, 0.3) is 0 Å². The van der Waals surface area contributed by atoms with Crippen molar-refractivity contribution in [3.05, 3.63) is 0 Å². The van der Waals surface area contributed by atoms with Crippen molar-refractivity contribution in [1.29, 1.82) is 0 Å². The molecule has 1 N–H and O–H groups in total. The highest BCUT2D eigenvalue weighted by Gasteiger charge is 2.17. The number of aliphatic hydroxyl groups excluding tert-OH is 1. The Morgan fingerprint density at radius 3 is 2.28 bits per heavy atom. The fraction of sp³-hybridized carbons (Fsp3) is 0.923. The van der Waals surface area contributed by atoms with Crippen LogP contribution in [0.15, 0.2) is 0 Å². The smallest absolute Gasteiger partial charge is 0.307 e. The first kappa shape index (κ1) is 15.4. The number of carbonyl (C=O) groups is 1. The number of esters is 1. The molecule has 1 aliphatic rings. The summed E-state index contributed by atoms with van der Waals surface area (Å²) in [5.74, 6) is -0.0946. The summed E-state index contributed by atoms with van der Waals surface area (Å²) in [6.45, 7) is 8.66. The number of rotatable bonds is 8. The number of nitrogens with zero attached hydrogens (tertiary/aromatic N) is 2. The Hall–Kier alpha value is -0.650. The van der Waals surface area contributed by atoms with Gasteiger partial charge in [-0.05, 0) is 26.3 Å². The topological polar surface area (TPSA) is 53.0 Å². The van der Waals surface area contributed by atoms with Gasteiger partial charge in [-0.2, -0.15) is 0 Å². The third kappa shape index (κ3) is 6.33. The quantitative estimate of drug-likeness (QED) is 0.502. The van der Waals surface area contributed by atoms with Crippen molar-refractivity contribution < 1.29 is 14.6 Å². The Labute approximate surface area is 110 Å². The van der Waals surface area contributed by atoms with Crippen LogP contribution in [0.1, 0.15) is 26.2 Å². The van der Waals surface area contributed by atoms with Gasteiger partial charge < -0.3 is 19.6 Å². The number of unbranched alkanes of at least 4 members (excludes halogenated alkanes) is 1. The van der Waals surface area contributed by atoms with E-state index in [4.69, 9.17) is 9.84 Å². The zero-order valence-corrected chi connectivity index (χ0v) is 11.4. The minimum Gasteiger partial charge on any atom is -0.466 e. The normalized spacial score (nSPS) is 17.9. The van der Waals surface area contributed by atoms with Gasteiger partial charge in [0.15, 0.2) is 0 Å². The van der Waals surface area contributed by atoms with Crippen LogP contribution in [-0.4, -0.2) is 73.4 Å². The number of piperazine rings is 1. The number of carbonyl (C=O) groups excluding carboxylic acids is 1. The predicted molar refractivity (Wildman–Crippen MR) is 70.4 cm³/mol. The van der Waals surface area contributed by atoms with Crippen LogP contribution in [0.2, 0.25) is 0 Å². The van der Waals surface area contributed by atoms with Crippen molar-refractivity contribution in [2.45, 2.75) is 26.2 Å². The molecule has 0 saturated carbocycles. The molecule has 0 aromatic heterocycles. The molecule has 0 aromatic carbocycles. The molecule has 1 fully saturated rings. The summed E-state index contributed by atoms with van der Waals surface area (Å²) < 4.78 is 4.92. The van der Waals surface area contributed by atoms with E-state index in [9.17, 15) is 4.79 Å². The van der Waals surface area contributed by atoms with Crippen molar-refractivity contribution in [2.24, 2.45) is 0 Å². The minimum atomic E-state index is -0.0946. The van der Waals surface area contributed by atoms with Gasteiger partial charge in [-0.1, -0.05) is 0 Å². The molecule has 0 atom stereocenters. The summed E-state index contributed by atoms with van der Waals surface area (Å²) in [6, 6.07) is 0. The van der Waals surface area contributed by atoms with Crippen LogP contribution in [-0.2, 0) is 9.53 Å². The Balaban J connectivity index is 2.06. The summed E-state index contributed by atoms with van der Waals surface area (Å²) in [4.78, 5) is 16.0. The van der Waals surface area contributed by atoms with Gasteiger partial charge in [0.2, 0.25) is 0 Å². The van der Waals surface area contributed by atoms with Crippen LogP contribution in [0.25, 0.3) is 0 Å². The van der Waals surface area contributed by atoms with E-state index in [1.165, 1.54) is 0 Å². The molecule has 0 radical (unpaired) electrons. The van der Waals surface area contributed by atoms with Crippen LogP contribution in [0, 0.1) is 0 Å². The fourth-order valence-electron chi connectivity index (χ4n) is 2.17. The number of hydrogen-bond donors (Lipinski definition) is 1. The molecule has 106 valence electrons. The molecule has 0 aromatic rings. The Morgan fingerprint density at radius 2 is 1.72 bits per heavy atom. The van der Waals surface area contributed by atoms with Gasteiger partial charge in [0, 0.05) is 39.3 Å². The predicted octanol–water partition coefficient (Wildman–Crippen LogP) is 0.330. The molecule has 1 saturated heterocycles. The van der Waals surface area contributed by atoms with Crippen LogP contribution in [0.3, 0.4) is 0 Å². The van der Waals surface area contributed by atoms with Crippen molar-refractivity contribution in [3.63, 3.8) is 0 Å². The van der Waals surface area contributed by atoms with Gasteiger partial charge in [-0.15, -0.1) is 0 Å². The lowest BCUT2D eigenvalue weighted by Crippen LogP contribution is -2.47. The van der Waals surface area contributed by atoms with Crippen LogP contribution in [0.4, 0.5) is 0 Å². The highest BCUT2D eigenvalue weighted by atomic mass is 16.5. The van der Waals surface area contributed by atoms with E-state index in [-0.39, 0.29) is 5.97 Å². The lowest BCUT2D eigenvalue weighted by molar-refractivity contribution is -0.143. The summed E-state index contributed by atoms with van der Waals surface area (Å²) in [5, 5.41) is 8.73. The maximum Gasteiger partial charge on any atom is 0.307 e. The van der Waals surface area contributed by atoms with Crippen molar-refractivity contribution >= 4 is 5.97 Å². The first-order chi connectivity index (χ1) is 8.76. The standard InChI is InChI=1S/C13H26N2O3/c1-2-18-13(17)5-7-15-10-8-14(9-11-15)6-3-4-12-16/h16H,2-12H2,1H3. The highest BCUT2D eigenvalue weighted by molar-refractivity contribution is 5.69. The van der Waals surface area contributed by atoms with Crippen LogP contribution < -0.4 is 0 Å². The molecule has 1 rings (SSSR count). The van der Waals surface area contributed by atoms with Crippen molar-refractivity contribution in [3.8, 4) is 0 Å². The summed E-state index contributed by atoms with van der Waals surface area (Å²) >= 11 is 0. The monoisotopic (exact) mass is 258 g/mol. The molecule has 0 amide bonds. The van der Waals surface area contributed by atoms with Crippen molar-refractivity contribution in [1.82, 2.24) is 9.80 Å². The van der Waals surface area contributed by atoms with E-state index in [1.807, 2.05) is 6.92 Å².